The molecule has 0 spiro atoms. The molecule has 0 saturated carbocycles. The molecule has 1 fully saturated rings. The number of fused-ring (bicyclic) bond motifs is 1. The Labute approximate surface area is 173 Å². The van der Waals surface area contributed by atoms with Crippen LogP contribution >= 0.6 is 0 Å². The van der Waals surface area contributed by atoms with E-state index in [1.54, 1.807) is 30.3 Å². The highest BCUT2D eigenvalue weighted by Crippen LogP contribution is 2.23. The normalized spacial score (nSPS) is 14.7. The molecule has 0 atom stereocenters. The SMILES string of the molecule is O=C(COc1ccc2ccc(=O)oc2c1)Nc1cccc(S(=O)(=O)N2CCCC2)c1. The number of ether oxygens (including phenoxy) is 1. The van der Waals surface area contributed by atoms with Crippen molar-refractivity contribution in [3.63, 3.8) is 0 Å². The van der Waals surface area contributed by atoms with Gasteiger partial charge in [0.1, 0.15) is 11.3 Å². The Bertz CT molecular complexity index is 1250. The van der Waals surface area contributed by atoms with Gasteiger partial charge < -0.3 is 14.5 Å². The van der Waals surface area contributed by atoms with Gasteiger partial charge in [-0.1, -0.05) is 6.07 Å². The molecule has 1 amide bonds. The molecule has 9 heteroatoms. The molecule has 1 saturated heterocycles. The van der Waals surface area contributed by atoms with Gasteiger partial charge in [-0.2, -0.15) is 4.31 Å². The largest absolute Gasteiger partial charge is 0.484 e. The minimum atomic E-state index is -3.56. The fraction of sp³-hybridized carbons (Fsp3) is 0.238. The summed E-state index contributed by atoms with van der Waals surface area (Å²) in [5.74, 6) is -0.0716. The quantitative estimate of drug-likeness (QED) is 0.605. The van der Waals surface area contributed by atoms with Crippen molar-refractivity contribution in [1.82, 2.24) is 4.31 Å². The lowest BCUT2D eigenvalue weighted by atomic mass is 10.2. The lowest BCUT2D eigenvalue weighted by Crippen LogP contribution is -2.28. The maximum absolute atomic E-state index is 12.7. The molecule has 2 heterocycles. The van der Waals surface area contributed by atoms with E-state index < -0.39 is 21.6 Å². The van der Waals surface area contributed by atoms with Crippen LogP contribution in [0, 0.1) is 0 Å². The summed E-state index contributed by atoms with van der Waals surface area (Å²) in [6.07, 6.45) is 1.70. The maximum Gasteiger partial charge on any atom is 0.336 e. The molecular weight excluding hydrogens is 408 g/mol. The first-order valence-electron chi connectivity index (χ1n) is 9.49. The molecule has 1 N–H and O–H groups in total. The highest BCUT2D eigenvalue weighted by molar-refractivity contribution is 7.89. The monoisotopic (exact) mass is 428 g/mol. The number of carbonyl (C=O) groups excluding carboxylic acids is 1. The van der Waals surface area contributed by atoms with E-state index in [0.717, 1.165) is 18.2 Å². The molecule has 4 rings (SSSR count). The zero-order valence-corrected chi connectivity index (χ0v) is 16.9. The van der Waals surface area contributed by atoms with E-state index in [4.69, 9.17) is 9.15 Å². The molecule has 1 aromatic heterocycles. The average molecular weight is 428 g/mol. The summed E-state index contributed by atoms with van der Waals surface area (Å²) in [6, 6.07) is 14.1. The minimum Gasteiger partial charge on any atom is -0.484 e. The molecule has 0 aliphatic carbocycles. The lowest BCUT2D eigenvalue weighted by molar-refractivity contribution is -0.118. The fourth-order valence-corrected chi connectivity index (χ4v) is 4.85. The van der Waals surface area contributed by atoms with E-state index in [1.807, 2.05) is 0 Å². The second-order valence-electron chi connectivity index (χ2n) is 6.93. The minimum absolute atomic E-state index is 0.146. The number of benzene rings is 2. The van der Waals surface area contributed by atoms with Crippen LogP contribution in [-0.2, 0) is 14.8 Å². The van der Waals surface area contributed by atoms with Crippen LogP contribution in [-0.4, -0.2) is 38.3 Å². The average Bonchev–Trinajstić information content (AvgIpc) is 3.28. The smallest absolute Gasteiger partial charge is 0.336 e. The Hall–Kier alpha value is -3.17. The number of hydrogen-bond acceptors (Lipinski definition) is 6. The van der Waals surface area contributed by atoms with Gasteiger partial charge in [-0.05, 0) is 49.2 Å². The summed E-state index contributed by atoms with van der Waals surface area (Å²) >= 11 is 0. The molecular formula is C21H20N2O6S. The summed E-state index contributed by atoms with van der Waals surface area (Å²) in [6.45, 7) is 0.739. The van der Waals surface area contributed by atoms with Crippen molar-refractivity contribution in [3.05, 3.63) is 65.0 Å². The van der Waals surface area contributed by atoms with E-state index >= 15 is 0 Å². The van der Waals surface area contributed by atoms with E-state index in [2.05, 4.69) is 5.32 Å². The third-order valence-electron chi connectivity index (χ3n) is 4.79. The van der Waals surface area contributed by atoms with Gasteiger partial charge in [0.15, 0.2) is 6.61 Å². The van der Waals surface area contributed by atoms with Crippen LogP contribution in [0.2, 0.25) is 0 Å². The maximum atomic E-state index is 12.7. The number of rotatable bonds is 6. The van der Waals surface area contributed by atoms with Gasteiger partial charge in [0.25, 0.3) is 5.91 Å². The third kappa shape index (κ3) is 4.37. The van der Waals surface area contributed by atoms with Crippen LogP contribution in [0.1, 0.15) is 12.8 Å². The van der Waals surface area contributed by atoms with Crippen LogP contribution in [0.25, 0.3) is 11.0 Å². The molecule has 2 aromatic carbocycles. The van der Waals surface area contributed by atoms with Gasteiger partial charge in [-0.25, -0.2) is 13.2 Å². The van der Waals surface area contributed by atoms with Gasteiger partial charge in [-0.15, -0.1) is 0 Å². The number of nitrogens with zero attached hydrogens (tertiary/aromatic N) is 1. The Morgan fingerprint density at radius 1 is 1.07 bits per heavy atom. The first kappa shape index (κ1) is 20.1. The van der Waals surface area contributed by atoms with Crippen molar-refractivity contribution >= 4 is 32.6 Å². The van der Waals surface area contributed by atoms with E-state index in [0.29, 0.717) is 30.1 Å². The van der Waals surface area contributed by atoms with Crippen LogP contribution in [0.5, 0.6) is 5.75 Å². The third-order valence-corrected chi connectivity index (χ3v) is 6.68. The Balaban J connectivity index is 1.41. The van der Waals surface area contributed by atoms with Crippen molar-refractivity contribution in [2.45, 2.75) is 17.7 Å². The standard InChI is InChI=1S/C21H20N2O6S/c24-20(14-28-17-8-6-15-7-9-21(25)29-19(15)13-17)22-16-4-3-5-18(12-16)30(26,27)23-10-1-2-11-23/h3-9,12-13H,1-2,10-11,14H2,(H,22,24). The van der Waals surface area contributed by atoms with Crippen molar-refractivity contribution < 1.29 is 22.4 Å². The lowest BCUT2D eigenvalue weighted by Gasteiger charge is -2.16. The van der Waals surface area contributed by atoms with E-state index in [1.165, 1.54) is 28.6 Å². The predicted octanol–water partition coefficient (Wildman–Crippen LogP) is 2.60. The second kappa shape index (κ2) is 8.29. The molecule has 1 aliphatic heterocycles. The number of nitrogens with one attached hydrogen (secondary N) is 1. The molecule has 0 unspecified atom stereocenters. The second-order valence-corrected chi connectivity index (χ2v) is 8.87. The predicted molar refractivity (Wildman–Crippen MR) is 111 cm³/mol. The van der Waals surface area contributed by atoms with E-state index in [-0.39, 0.29) is 11.5 Å². The first-order chi connectivity index (χ1) is 14.4. The van der Waals surface area contributed by atoms with Crippen LogP contribution in [0.3, 0.4) is 0 Å². The Morgan fingerprint density at radius 2 is 1.83 bits per heavy atom. The van der Waals surface area contributed by atoms with Crippen molar-refractivity contribution in [2.24, 2.45) is 0 Å². The van der Waals surface area contributed by atoms with Crippen LogP contribution in [0.15, 0.2) is 68.7 Å². The van der Waals surface area contributed by atoms with Crippen LogP contribution < -0.4 is 15.7 Å². The topological polar surface area (TPSA) is 106 Å². The van der Waals surface area contributed by atoms with Gasteiger partial charge in [0.05, 0.1) is 4.90 Å². The summed E-state index contributed by atoms with van der Waals surface area (Å²) in [5, 5.41) is 3.38. The first-order valence-corrected chi connectivity index (χ1v) is 10.9. The zero-order chi connectivity index (χ0) is 21.1. The number of carbonyl (C=O) groups is 1. The number of hydrogen-bond donors (Lipinski definition) is 1. The molecule has 0 bridgehead atoms. The van der Waals surface area contributed by atoms with Gasteiger partial charge in [-0.3, -0.25) is 4.79 Å². The zero-order valence-electron chi connectivity index (χ0n) is 16.0. The van der Waals surface area contributed by atoms with Gasteiger partial charge in [0, 0.05) is 36.3 Å². The van der Waals surface area contributed by atoms with Gasteiger partial charge >= 0.3 is 5.63 Å². The van der Waals surface area contributed by atoms with Crippen LogP contribution in [0.4, 0.5) is 5.69 Å². The number of anilines is 1. The highest BCUT2D eigenvalue weighted by Gasteiger charge is 2.27. The Kier molecular flexibility index (Phi) is 5.56. The Morgan fingerprint density at radius 3 is 2.63 bits per heavy atom. The molecule has 156 valence electrons. The molecule has 0 radical (unpaired) electrons. The summed E-state index contributed by atoms with van der Waals surface area (Å²) in [7, 11) is -3.56. The summed E-state index contributed by atoms with van der Waals surface area (Å²) < 4.78 is 37.4. The van der Waals surface area contributed by atoms with Gasteiger partial charge in [0.2, 0.25) is 10.0 Å². The van der Waals surface area contributed by atoms with Crippen molar-refractivity contribution in [3.8, 4) is 5.75 Å². The summed E-state index contributed by atoms with van der Waals surface area (Å²) in [5.41, 5.74) is 0.259. The number of sulfonamides is 1. The molecule has 1 aliphatic rings. The molecule has 30 heavy (non-hydrogen) atoms. The molecule has 3 aromatic rings. The van der Waals surface area contributed by atoms with Crippen molar-refractivity contribution in [1.29, 1.82) is 0 Å². The highest BCUT2D eigenvalue weighted by atomic mass is 32.2. The summed E-state index contributed by atoms with van der Waals surface area (Å²) in [4.78, 5) is 23.7. The number of amides is 1. The fourth-order valence-electron chi connectivity index (χ4n) is 3.29. The van der Waals surface area contributed by atoms with Crippen molar-refractivity contribution in [2.75, 3.05) is 25.0 Å². The molecule has 8 nitrogen and oxygen atoms in total. The van der Waals surface area contributed by atoms with E-state index in [9.17, 15) is 18.0 Å².